The number of hydrazone groups is 1. The van der Waals surface area contributed by atoms with Crippen molar-refractivity contribution in [2.75, 3.05) is 6.61 Å². The van der Waals surface area contributed by atoms with Gasteiger partial charge >= 0.3 is 0 Å². The Bertz CT molecular complexity index is 993. The summed E-state index contributed by atoms with van der Waals surface area (Å²) in [6.45, 7) is 1.41. The Morgan fingerprint density at radius 3 is 2.50 bits per heavy atom. The lowest BCUT2D eigenvalue weighted by molar-refractivity contribution is -0.135. The molecule has 0 N–H and O–H groups in total. The first-order chi connectivity index (χ1) is 13.6. The largest absolute Gasteiger partial charge is 0.484 e. The molecule has 0 unspecified atom stereocenters. The molecule has 3 heterocycles. The Morgan fingerprint density at radius 1 is 1.11 bits per heavy atom. The van der Waals surface area contributed by atoms with E-state index in [4.69, 9.17) is 4.74 Å². The lowest BCUT2D eigenvalue weighted by Crippen LogP contribution is -2.31. The van der Waals surface area contributed by atoms with E-state index in [1.54, 1.807) is 51.9 Å². The summed E-state index contributed by atoms with van der Waals surface area (Å²) >= 11 is 3.25. The smallest absolute Gasteiger partial charge is 0.281 e. The molecule has 0 radical (unpaired) electrons. The highest BCUT2D eigenvalue weighted by atomic mass is 32.1. The number of benzene rings is 1. The fourth-order valence-electron chi connectivity index (χ4n) is 3.03. The maximum absolute atomic E-state index is 12.9. The number of rotatable bonds is 6. The third kappa shape index (κ3) is 3.90. The second-order valence-corrected chi connectivity index (χ2v) is 8.29. The first-order valence-corrected chi connectivity index (χ1v) is 10.6. The van der Waals surface area contributed by atoms with Crippen molar-refractivity contribution in [3.8, 4) is 5.75 Å². The summed E-state index contributed by atoms with van der Waals surface area (Å²) in [5, 5.41) is 10.2. The van der Waals surface area contributed by atoms with Gasteiger partial charge in [0.2, 0.25) is 0 Å². The molecule has 142 valence electrons. The molecule has 1 atom stereocenters. The van der Waals surface area contributed by atoms with E-state index in [0.29, 0.717) is 17.7 Å². The molecule has 1 amide bonds. The van der Waals surface area contributed by atoms with Crippen LogP contribution in [0, 0.1) is 0 Å². The van der Waals surface area contributed by atoms with Crippen LogP contribution in [0.3, 0.4) is 0 Å². The van der Waals surface area contributed by atoms with Gasteiger partial charge in [-0.05, 0) is 54.1 Å². The van der Waals surface area contributed by atoms with Crippen molar-refractivity contribution in [2.45, 2.75) is 19.4 Å². The van der Waals surface area contributed by atoms with Gasteiger partial charge in [-0.15, -0.1) is 22.7 Å². The quantitative estimate of drug-likeness (QED) is 0.550. The topological polar surface area (TPSA) is 59.0 Å². The van der Waals surface area contributed by atoms with E-state index in [1.165, 1.54) is 6.92 Å². The minimum absolute atomic E-state index is 0.00562. The van der Waals surface area contributed by atoms with Gasteiger partial charge in [-0.3, -0.25) is 9.59 Å². The number of carbonyl (C=O) groups is 2. The highest BCUT2D eigenvalue weighted by Gasteiger charge is 2.34. The highest BCUT2D eigenvalue weighted by Crippen LogP contribution is 2.35. The molecule has 0 spiro atoms. The zero-order valence-electron chi connectivity index (χ0n) is 15.2. The molecule has 28 heavy (non-hydrogen) atoms. The number of ketones is 1. The maximum atomic E-state index is 12.9. The third-order valence-electron chi connectivity index (χ3n) is 4.47. The normalized spacial score (nSPS) is 16.1. The van der Waals surface area contributed by atoms with Crippen molar-refractivity contribution in [3.05, 3.63) is 74.6 Å². The summed E-state index contributed by atoms with van der Waals surface area (Å²) in [5.74, 6) is 0.349. The molecule has 1 aliphatic rings. The van der Waals surface area contributed by atoms with Crippen molar-refractivity contribution in [1.29, 1.82) is 0 Å². The zero-order chi connectivity index (χ0) is 19.5. The lowest BCUT2D eigenvalue weighted by Gasteiger charge is -2.20. The van der Waals surface area contributed by atoms with Gasteiger partial charge in [-0.1, -0.05) is 12.1 Å². The number of hydrogen-bond acceptors (Lipinski definition) is 6. The van der Waals surface area contributed by atoms with E-state index in [-0.39, 0.29) is 24.3 Å². The summed E-state index contributed by atoms with van der Waals surface area (Å²) in [5.41, 5.74) is 1.54. The van der Waals surface area contributed by atoms with Crippen molar-refractivity contribution in [3.63, 3.8) is 0 Å². The summed E-state index contributed by atoms with van der Waals surface area (Å²) in [6.07, 6.45) is 0.695. The minimum Gasteiger partial charge on any atom is -0.484 e. The van der Waals surface area contributed by atoms with Crippen molar-refractivity contribution >= 4 is 40.1 Å². The third-order valence-corrected chi connectivity index (χ3v) is 6.36. The van der Waals surface area contributed by atoms with Gasteiger partial charge in [-0.25, -0.2) is 5.01 Å². The molecular weight excluding hydrogens is 392 g/mol. The molecular formula is C21H18N2O3S2. The Kier molecular flexibility index (Phi) is 5.36. The molecule has 1 aliphatic heterocycles. The van der Waals surface area contributed by atoms with E-state index in [0.717, 1.165) is 15.5 Å². The SMILES string of the molecule is CC(=O)c1ccc(OCC(=O)N2N=C(c3cccs3)C[C@H]2c2cccs2)cc1. The number of hydrogen-bond donors (Lipinski definition) is 0. The van der Waals surface area contributed by atoms with Crippen molar-refractivity contribution in [1.82, 2.24) is 5.01 Å². The Labute approximate surface area is 170 Å². The van der Waals surface area contributed by atoms with Gasteiger partial charge in [0.25, 0.3) is 5.91 Å². The molecule has 0 bridgehead atoms. The van der Waals surface area contributed by atoms with Gasteiger partial charge in [0.05, 0.1) is 16.6 Å². The predicted molar refractivity (Wildman–Crippen MR) is 111 cm³/mol. The Morgan fingerprint density at radius 2 is 1.86 bits per heavy atom. The fourth-order valence-corrected chi connectivity index (χ4v) is 4.56. The first-order valence-electron chi connectivity index (χ1n) is 8.82. The molecule has 2 aromatic heterocycles. The molecule has 1 aromatic carbocycles. The van der Waals surface area contributed by atoms with Gasteiger partial charge in [0.1, 0.15) is 5.75 Å². The Balaban J connectivity index is 1.49. The van der Waals surface area contributed by atoms with Crippen LogP contribution in [0.5, 0.6) is 5.75 Å². The molecule has 0 fully saturated rings. The van der Waals surface area contributed by atoms with E-state index >= 15 is 0 Å². The number of amides is 1. The van der Waals surface area contributed by atoms with Crippen LogP contribution in [-0.4, -0.2) is 29.0 Å². The number of nitrogens with zero attached hydrogens (tertiary/aromatic N) is 2. The van der Waals surface area contributed by atoms with E-state index in [9.17, 15) is 9.59 Å². The summed E-state index contributed by atoms with van der Waals surface area (Å²) in [4.78, 5) is 26.4. The average Bonchev–Trinajstić information content (AvgIpc) is 3.46. The van der Waals surface area contributed by atoms with E-state index < -0.39 is 0 Å². The number of ether oxygens (including phenoxy) is 1. The molecule has 4 rings (SSSR count). The molecule has 3 aromatic rings. The lowest BCUT2D eigenvalue weighted by atomic mass is 10.1. The van der Waals surface area contributed by atoms with Gasteiger partial charge in [-0.2, -0.15) is 5.10 Å². The van der Waals surface area contributed by atoms with Crippen LogP contribution in [0.25, 0.3) is 0 Å². The summed E-state index contributed by atoms with van der Waals surface area (Å²) in [7, 11) is 0. The van der Waals surface area contributed by atoms with E-state index in [1.807, 2.05) is 35.0 Å². The summed E-state index contributed by atoms with van der Waals surface area (Å²) in [6, 6.07) is 14.7. The van der Waals surface area contributed by atoms with Crippen LogP contribution < -0.4 is 4.74 Å². The molecule has 0 saturated heterocycles. The molecule has 0 aliphatic carbocycles. The predicted octanol–water partition coefficient (Wildman–Crippen LogP) is 4.77. The average molecular weight is 411 g/mol. The van der Waals surface area contributed by atoms with Crippen LogP contribution >= 0.6 is 22.7 Å². The molecule has 7 heteroatoms. The van der Waals surface area contributed by atoms with Crippen LogP contribution in [-0.2, 0) is 4.79 Å². The fraction of sp³-hybridized carbons (Fsp3) is 0.190. The van der Waals surface area contributed by atoms with Gasteiger partial charge in [0.15, 0.2) is 12.4 Å². The number of thiophene rings is 2. The van der Waals surface area contributed by atoms with E-state index in [2.05, 4.69) is 5.10 Å². The van der Waals surface area contributed by atoms with Crippen LogP contribution in [0.2, 0.25) is 0 Å². The van der Waals surface area contributed by atoms with Gasteiger partial charge in [0, 0.05) is 16.9 Å². The highest BCUT2D eigenvalue weighted by molar-refractivity contribution is 7.12. The summed E-state index contributed by atoms with van der Waals surface area (Å²) < 4.78 is 5.64. The zero-order valence-corrected chi connectivity index (χ0v) is 16.8. The molecule has 5 nitrogen and oxygen atoms in total. The number of Topliss-reactive ketones (excluding diaryl/α,β-unsaturated/α-hetero) is 1. The minimum atomic E-state index is -0.194. The van der Waals surface area contributed by atoms with Crippen LogP contribution in [0.1, 0.15) is 39.5 Å². The molecule has 0 saturated carbocycles. The van der Waals surface area contributed by atoms with Crippen molar-refractivity contribution in [2.24, 2.45) is 5.10 Å². The van der Waals surface area contributed by atoms with Crippen molar-refractivity contribution < 1.29 is 14.3 Å². The standard InChI is InChI=1S/C21H18N2O3S2/c1-14(24)15-6-8-16(9-7-15)26-13-21(25)23-18(20-5-3-11-28-20)12-17(22-23)19-4-2-10-27-19/h2-11,18H,12-13H2,1H3/t18-/m0/s1. The first kappa shape index (κ1) is 18.6. The van der Waals surface area contributed by atoms with Crippen LogP contribution in [0.4, 0.5) is 0 Å². The Hall–Kier alpha value is -2.77. The monoisotopic (exact) mass is 410 g/mol. The maximum Gasteiger partial charge on any atom is 0.281 e. The second-order valence-electron chi connectivity index (χ2n) is 6.37. The van der Waals surface area contributed by atoms with Gasteiger partial charge < -0.3 is 4.74 Å². The second kappa shape index (κ2) is 8.08. The van der Waals surface area contributed by atoms with Crippen LogP contribution in [0.15, 0.2) is 64.4 Å². The number of carbonyl (C=O) groups excluding carboxylic acids is 2.